The lowest BCUT2D eigenvalue weighted by atomic mass is 9.81. The van der Waals surface area contributed by atoms with Gasteiger partial charge in [0.25, 0.3) is 6.43 Å². The molecule has 0 bridgehead atoms. The lowest BCUT2D eigenvalue weighted by Gasteiger charge is -2.25. The van der Waals surface area contributed by atoms with E-state index in [1.165, 1.54) is 6.07 Å². The molecule has 32 heavy (non-hydrogen) atoms. The van der Waals surface area contributed by atoms with Crippen molar-refractivity contribution >= 4 is 11.6 Å². The number of aromatic nitrogens is 1. The van der Waals surface area contributed by atoms with E-state index < -0.39 is 11.8 Å². The molecule has 166 valence electrons. The maximum atomic E-state index is 15.0. The summed E-state index contributed by atoms with van der Waals surface area (Å²) in [4.78, 5) is 16.9. The summed E-state index contributed by atoms with van der Waals surface area (Å²) in [5, 5.41) is 0. The van der Waals surface area contributed by atoms with E-state index in [-0.39, 0.29) is 31.4 Å². The molecule has 1 atom stereocenters. The van der Waals surface area contributed by atoms with E-state index >= 15 is 4.39 Å². The molecule has 4 nitrogen and oxygen atoms in total. The van der Waals surface area contributed by atoms with Crippen molar-refractivity contribution in [1.29, 1.82) is 0 Å². The molecule has 0 saturated carbocycles. The number of amides is 1. The van der Waals surface area contributed by atoms with Crippen molar-refractivity contribution < 1.29 is 18.0 Å². The van der Waals surface area contributed by atoms with Crippen LogP contribution in [0.15, 0.2) is 60.9 Å². The van der Waals surface area contributed by atoms with Gasteiger partial charge in [-0.2, -0.15) is 0 Å². The molecule has 1 unspecified atom stereocenters. The summed E-state index contributed by atoms with van der Waals surface area (Å²) in [6.45, 7) is 0.470. The first kappa shape index (κ1) is 20.8. The Labute approximate surface area is 184 Å². The topological polar surface area (TPSA) is 28.5 Å². The van der Waals surface area contributed by atoms with Crippen LogP contribution < -0.4 is 4.90 Å². The van der Waals surface area contributed by atoms with Gasteiger partial charge >= 0.3 is 0 Å². The Morgan fingerprint density at radius 3 is 2.62 bits per heavy atom. The number of rotatable bonds is 5. The van der Waals surface area contributed by atoms with Gasteiger partial charge in [-0.05, 0) is 47.9 Å². The number of carbonyl (C=O) groups excluding carboxylic acids is 1. The van der Waals surface area contributed by atoms with Crippen LogP contribution in [0.3, 0.4) is 0 Å². The smallest absolute Gasteiger partial charge is 0.251 e. The largest absolute Gasteiger partial charge is 0.357 e. The minimum Gasteiger partial charge on any atom is -0.357 e. The van der Waals surface area contributed by atoms with Crippen LogP contribution in [-0.4, -0.2) is 41.4 Å². The Hall–Kier alpha value is -3.06. The molecular weight excluding hydrogens is 415 g/mol. The van der Waals surface area contributed by atoms with Crippen molar-refractivity contribution in [2.45, 2.75) is 24.8 Å². The first-order valence-electron chi connectivity index (χ1n) is 10.7. The van der Waals surface area contributed by atoms with E-state index in [9.17, 15) is 13.6 Å². The predicted molar refractivity (Wildman–Crippen MR) is 117 cm³/mol. The summed E-state index contributed by atoms with van der Waals surface area (Å²) in [5.74, 6) is -0.509. The van der Waals surface area contributed by atoms with Crippen molar-refractivity contribution in [1.82, 2.24) is 9.47 Å². The number of aryl methyl sites for hydroxylation is 1. The first-order valence-corrected chi connectivity index (χ1v) is 10.7. The van der Waals surface area contributed by atoms with Gasteiger partial charge in [-0.1, -0.05) is 30.3 Å². The third-order valence-corrected chi connectivity index (χ3v) is 6.66. The Balaban J connectivity index is 1.44. The van der Waals surface area contributed by atoms with E-state index in [0.717, 1.165) is 22.4 Å². The Morgan fingerprint density at radius 1 is 1.09 bits per heavy atom. The summed E-state index contributed by atoms with van der Waals surface area (Å²) in [6, 6.07) is 14.5. The highest BCUT2D eigenvalue weighted by Crippen LogP contribution is 2.48. The Bertz CT molecular complexity index is 1170. The molecule has 1 saturated heterocycles. The van der Waals surface area contributed by atoms with Gasteiger partial charge < -0.3 is 9.47 Å². The van der Waals surface area contributed by atoms with Crippen LogP contribution in [0.1, 0.15) is 17.5 Å². The molecule has 3 aromatic rings. The van der Waals surface area contributed by atoms with E-state index in [1.807, 2.05) is 60.4 Å². The second kappa shape index (κ2) is 7.81. The average Bonchev–Trinajstić information content (AvgIpc) is 3.44. The van der Waals surface area contributed by atoms with Gasteiger partial charge in [-0.3, -0.25) is 9.69 Å². The number of para-hydroxylation sites is 1. The molecule has 2 aliphatic rings. The first-order chi connectivity index (χ1) is 15.4. The van der Waals surface area contributed by atoms with Gasteiger partial charge in [0.2, 0.25) is 5.91 Å². The van der Waals surface area contributed by atoms with Crippen LogP contribution in [0.4, 0.5) is 18.9 Å². The fourth-order valence-electron chi connectivity index (χ4n) is 5.09. The second-order valence-corrected chi connectivity index (χ2v) is 8.74. The molecular formula is C25H24F3N3O. The van der Waals surface area contributed by atoms with Crippen LogP contribution in [0.5, 0.6) is 0 Å². The zero-order chi connectivity index (χ0) is 22.5. The molecule has 0 aliphatic carbocycles. The van der Waals surface area contributed by atoms with Crippen molar-refractivity contribution in [3.8, 4) is 11.1 Å². The fourth-order valence-corrected chi connectivity index (χ4v) is 5.09. The highest BCUT2D eigenvalue weighted by Gasteiger charge is 2.54. The molecule has 2 aromatic carbocycles. The van der Waals surface area contributed by atoms with E-state index in [1.54, 1.807) is 15.9 Å². The second-order valence-electron chi connectivity index (χ2n) is 8.74. The number of hydrogen-bond donors (Lipinski definition) is 0. The molecule has 1 amide bonds. The molecule has 5 rings (SSSR count). The molecule has 1 aromatic heterocycles. The number of anilines is 1. The van der Waals surface area contributed by atoms with Gasteiger partial charge in [-0.25, -0.2) is 13.2 Å². The fraction of sp³-hybridized carbons (Fsp3) is 0.320. The summed E-state index contributed by atoms with van der Waals surface area (Å²) in [6.07, 6.45) is 1.87. The molecule has 3 heterocycles. The molecule has 0 N–H and O–H groups in total. The van der Waals surface area contributed by atoms with Crippen LogP contribution in [-0.2, 0) is 23.8 Å². The SMILES string of the molecule is Cn1ccc(-c2ccc(CN3C(=O)C4(CCN(CC(F)F)C4)c4ccccc43)c(F)c2)c1. The molecule has 0 radical (unpaired) electrons. The summed E-state index contributed by atoms with van der Waals surface area (Å²) in [5.41, 5.74) is 2.86. The van der Waals surface area contributed by atoms with Crippen LogP contribution in [0.25, 0.3) is 11.1 Å². The van der Waals surface area contributed by atoms with E-state index in [2.05, 4.69) is 0 Å². The van der Waals surface area contributed by atoms with Crippen molar-refractivity contribution in [3.63, 3.8) is 0 Å². The summed E-state index contributed by atoms with van der Waals surface area (Å²) in [7, 11) is 1.91. The quantitative estimate of drug-likeness (QED) is 0.582. The number of carbonyl (C=O) groups is 1. The van der Waals surface area contributed by atoms with E-state index in [4.69, 9.17) is 0 Å². The number of benzene rings is 2. The van der Waals surface area contributed by atoms with Crippen molar-refractivity contribution in [2.75, 3.05) is 24.5 Å². The lowest BCUT2D eigenvalue weighted by Crippen LogP contribution is -2.42. The average molecular weight is 439 g/mol. The van der Waals surface area contributed by atoms with E-state index in [0.29, 0.717) is 18.5 Å². The Morgan fingerprint density at radius 2 is 1.91 bits per heavy atom. The monoisotopic (exact) mass is 439 g/mol. The van der Waals surface area contributed by atoms with Crippen molar-refractivity contribution in [2.24, 2.45) is 7.05 Å². The van der Waals surface area contributed by atoms with Gasteiger partial charge in [0, 0.05) is 37.2 Å². The molecule has 2 aliphatic heterocycles. The molecule has 7 heteroatoms. The van der Waals surface area contributed by atoms with Crippen molar-refractivity contribution in [3.05, 3.63) is 77.9 Å². The predicted octanol–water partition coefficient (Wildman–Crippen LogP) is 4.59. The minimum absolute atomic E-state index is 0.105. The van der Waals surface area contributed by atoms with Gasteiger partial charge in [-0.15, -0.1) is 0 Å². The number of alkyl halides is 2. The minimum atomic E-state index is -2.44. The molecule has 1 spiro atoms. The maximum absolute atomic E-state index is 15.0. The zero-order valence-corrected chi connectivity index (χ0v) is 17.8. The standard InChI is InChI=1S/C25H24F3N3O/c1-29-10-8-18(13-29)17-6-7-19(21(26)12-17)14-31-22-5-3-2-4-20(22)25(24(31)32)9-11-30(16-25)15-23(27)28/h2-8,10,12-13,23H,9,11,14-16H2,1H3. The van der Waals surface area contributed by atoms with Crippen LogP contribution in [0.2, 0.25) is 0 Å². The van der Waals surface area contributed by atoms with Gasteiger partial charge in [0.05, 0.1) is 18.5 Å². The number of likely N-dealkylation sites (tertiary alicyclic amines) is 1. The Kier molecular flexibility index (Phi) is 5.08. The third kappa shape index (κ3) is 3.41. The number of fused-ring (bicyclic) bond motifs is 2. The highest BCUT2D eigenvalue weighted by atomic mass is 19.3. The van der Waals surface area contributed by atoms with Gasteiger partial charge in [0.15, 0.2) is 0 Å². The highest BCUT2D eigenvalue weighted by molar-refractivity contribution is 6.08. The van der Waals surface area contributed by atoms with Gasteiger partial charge in [0.1, 0.15) is 5.82 Å². The number of nitrogens with zero attached hydrogens (tertiary/aromatic N) is 3. The number of halogens is 3. The summed E-state index contributed by atoms with van der Waals surface area (Å²) >= 11 is 0. The summed E-state index contributed by atoms with van der Waals surface area (Å²) < 4.78 is 42.8. The number of hydrogen-bond acceptors (Lipinski definition) is 2. The third-order valence-electron chi connectivity index (χ3n) is 6.66. The molecule has 1 fully saturated rings. The zero-order valence-electron chi connectivity index (χ0n) is 17.8. The lowest BCUT2D eigenvalue weighted by molar-refractivity contribution is -0.123. The van der Waals surface area contributed by atoms with Crippen LogP contribution >= 0.6 is 0 Å². The normalized spacial score (nSPS) is 20.7. The van der Waals surface area contributed by atoms with Crippen LogP contribution in [0, 0.1) is 5.82 Å². The maximum Gasteiger partial charge on any atom is 0.251 e.